The highest BCUT2D eigenvalue weighted by Gasteiger charge is 2.53. The quantitative estimate of drug-likeness (QED) is 0.0878. The standard InChI is InChI=1S/C15H25NO4.C10H17NO3.C9H16O3.C7H13NO2.C5H9BrO.C4H7ClO.C4H8O2/c1-9(2)11-8-20-13(19)16(11)12(18)15(6,7)14(4,5)10(3)17;1-6(2)8-5-14-10(13)11(8)9(12)7(3)4;1-6(10)8(2,3)9(4,5)7(11)12;1-5(2)7(3)4-10-6(9)8-7;1-4(7)5(2,3)6;2*1-3(2)4(5)6/h9,11H,8H2,1-7H3;6-8H,5H2,1-4H3;1-5H3,(H,11,12);5H,4H2,1-3H3,(H,8,9);1-3H3;3H,1-2H3;3H,1-2H3,(H,5,6)/t11-;8-;;7-;;;/m11.1.../s1. The number of imide groups is 2. The Balaban J connectivity index is -0.000000410. The van der Waals surface area contributed by atoms with Crippen LogP contribution in [0.4, 0.5) is 14.4 Å². The van der Waals surface area contributed by atoms with E-state index < -0.39 is 45.8 Å². The summed E-state index contributed by atoms with van der Waals surface area (Å²) in [6.07, 6.45) is -1.40. The third kappa shape index (κ3) is 24.2. The number of aliphatic carboxylic acids is 2. The average molecular weight is 1160 g/mol. The number of alkyl halides is 1. The lowest BCUT2D eigenvalue weighted by Gasteiger charge is -2.41. The van der Waals surface area contributed by atoms with Crippen LogP contribution in [0, 0.1) is 57.2 Å². The predicted molar refractivity (Wildman–Crippen MR) is 292 cm³/mol. The normalized spacial score (nSPS) is 18.4. The average Bonchev–Trinajstić information content (AvgIpc) is 3.96. The number of nitrogens with one attached hydrogen (secondary N) is 1. The zero-order valence-corrected chi connectivity index (χ0v) is 52.3. The van der Waals surface area contributed by atoms with E-state index in [0.29, 0.717) is 19.1 Å². The van der Waals surface area contributed by atoms with E-state index in [1.807, 2.05) is 48.5 Å². The van der Waals surface area contributed by atoms with Gasteiger partial charge in [-0.2, -0.15) is 0 Å². The SMILES string of the molecule is CC(=O)C(C)(C)Br.CC(=O)C(C)(C)C(C)(C)C(=O)N1C(=O)OC[C@@H]1C(C)C.CC(=O)C(C)(C)C(C)(C)C(=O)O.CC(C)C(=O)Cl.CC(C)C(=O)N1C(=O)OC[C@@H]1C(C)C.CC(C)C(=O)O.CC(C)[C@@]1(C)COC(=O)N1. The summed E-state index contributed by atoms with van der Waals surface area (Å²) < 4.78 is 14.3. The Morgan fingerprint density at radius 1 is 0.587 bits per heavy atom. The molecule has 3 saturated heterocycles. The molecule has 5 amide bonds. The molecular weight excluding hydrogens is 1060 g/mol. The summed E-state index contributed by atoms with van der Waals surface area (Å²) in [6.45, 7) is 46.8. The first-order chi connectivity index (χ1) is 33.3. The summed E-state index contributed by atoms with van der Waals surface area (Å²) in [5, 5.41) is 19.4. The maximum Gasteiger partial charge on any atom is 0.417 e. The Labute approximate surface area is 461 Å². The van der Waals surface area contributed by atoms with Crippen LogP contribution in [0.2, 0.25) is 0 Å². The van der Waals surface area contributed by atoms with E-state index in [1.165, 1.54) is 23.6 Å². The van der Waals surface area contributed by atoms with Gasteiger partial charge in [0.05, 0.1) is 38.7 Å². The summed E-state index contributed by atoms with van der Waals surface area (Å²) >= 11 is 8.17. The van der Waals surface area contributed by atoms with Crippen LogP contribution in [0.3, 0.4) is 0 Å². The molecule has 0 saturated carbocycles. The van der Waals surface area contributed by atoms with E-state index >= 15 is 0 Å². The van der Waals surface area contributed by atoms with Gasteiger partial charge in [-0.1, -0.05) is 141 Å². The number of carboxylic acid groups (broad SMARTS) is 2. The predicted octanol–water partition coefficient (Wildman–Crippen LogP) is 11.0. The molecule has 3 N–H and O–H groups in total. The van der Waals surface area contributed by atoms with Gasteiger partial charge in [0.25, 0.3) is 0 Å². The molecule has 3 heterocycles. The van der Waals surface area contributed by atoms with E-state index in [0.717, 1.165) is 0 Å². The minimum absolute atomic E-state index is 0.0216. The van der Waals surface area contributed by atoms with Crippen molar-refractivity contribution in [3.8, 4) is 0 Å². The van der Waals surface area contributed by atoms with Crippen LogP contribution in [0.1, 0.15) is 180 Å². The topological polar surface area (TPSA) is 274 Å². The fourth-order valence-corrected chi connectivity index (χ4v) is 5.17. The Hall–Kier alpha value is -4.46. The van der Waals surface area contributed by atoms with E-state index in [9.17, 15) is 52.7 Å². The zero-order valence-electron chi connectivity index (χ0n) is 50.0. The molecule has 3 atom stereocenters. The Morgan fingerprint density at radius 2 is 0.907 bits per heavy atom. The van der Waals surface area contributed by atoms with Gasteiger partial charge < -0.3 is 29.7 Å². The second-order valence-corrected chi connectivity index (χ2v) is 25.8. The highest BCUT2D eigenvalue weighted by Crippen LogP contribution is 2.42. The maximum absolute atomic E-state index is 12.8. The number of hydrogen-bond donors (Lipinski definition) is 3. The van der Waals surface area contributed by atoms with E-state index in [4.69, 9.17) is 36.0 Å². The minimum Gasteiger partial charge on any atom is -0.481 e. The van der Waals surface area contributed by atoms with Crippen molar-refractivity contribution in [2.45, 2.75) is 202 Å². The molecule has 0 bridgehead atoms. The molecule has 0 aromatic rings. The second-order valence-electron chi connectivity index (χ2n) is 23.5. The molecule has 19 nitrogen and oxygen atoms in total. The lowest BCUT2D eigenvalue weighted by atomic mass is 9.65. The summed E-state index contributed by atoms with van der Waals surface area (Å²) in [5.41, 5.74) is -3.82. The molecule has 3 rings (SSSR count). The molecule has 21 heteroatoms. The third-order valence-electron chi connectivity index (χ3n) is 14.2. The third-order valence-corrected chi connectivity index (χ3v) is 15.2. The number of halogens is 2. The van der Waals surface area contributed by atoms with Crippen molar-refractivity contribution >= 4 is 92.2 Å². The van der Waals surface area contributed by atoms with E-state index in [-0.39, 0.29) is 98.6 Å². The lowest BCUT2D eigenvalue weighted by molar-refractivity contribution is -0.158. The molecule has 0 radical (unpaired) electrons. The number of nitrogens with zero attached hydrogens (tertiary/aromatic N) is 2. The summed E-state index contributed by atoms with van der Waals surface area (Å²) in [7, 11) is 0. The number of ketones is 3. The molecule has 3 aliphatic heterocycles. The summed E-state index contributed by atoms with van der Waals surface area (Å²) in [6, 6.07) is -0.366. The van der Waals surface area contributed by atoms with Gasteiger partial charge in [0.15, 0.2) is 0 Å². The van der Waals surface area contributed by atoms with Gasteiger partial charge in [0, 0.05) is 22.7 Å². The highest BCUT2D eigenvalue weighted by atomic mass is 79.9. The van der Waals surface area contributed by atoms with E-state index in [1.54, 1.807) is 104 Å². The number of Topliss-reactive ketones (excluding diaryl/α,β-unsaturated/α-hetero) is 3. The largest absolute Gasteiger partial charge is 0.481 e. The fraction of sp³-hybridized carbons (Fsp3) is 0.796. The molecule has 75 heavy (non-hydrogen) atoms. The Bertz CT molecular complexity index is 1940. The molecule has 3 aliphatic rings. The van der Waals surface area contributed by atoms with Gasteiger partial charge in [0.1, 0.15) is 37.2 Å². The Morgan fingerprint density at radius 3 is 1.11 bits per heavy atom. The number of amides is 5. The molecule has 0 aliphatic carbocycles. The monoisotopic (exact) mass is 1160 g/mol. The van der Waals surface area contributed by atoms with Crippen molar-refractivity contribution in [2.75, 3.05) is 19.8 Å². The lowest BCUT2D eigenvalue weighted by Crippen LogP contribution is -2.54. The Kier molecular flexibility index (Phi) is 32.5. The van der Waals surface area contributed by atoms with Crippen LogP contribution in [0.15, 0.2) is 0 Å². The smallest absolute Gasteiger partial charge is 0.417 e. The summed E-state index contributed by atoms with van der Waals surface area (Å²) in [5.74, 6) is -1.85. The van der Waals surface area contributed by atoms with Gasteiger partial charge in [-0.05, 0) is 84.7 Å². The zero-order chi connectivity index (χ0) is 61.1. The summed E-state index contributed by atoms with van der Waals surface area (Å²) in [4.78, 5) is 125. The van der Waals surface area contributed by atoms with Gasteiger partial charge in [-0.3, -0.25) is 38.4 Å². The molecule has 0 aromatic heterocycles. The van der Waals surface area contributed by atoms with Crippen LogP contribution in [-0.2, 0) is 52.6 Å². The molecule has 0 spiro atoms. The first-order valence-electron chi connectivity index (χ1n) is 25.1. The van der Waals surface area contributed by atoms with Crippen molar-refractivity contribution < 1.29 is 77.2 Å². The van der Waals surface area contributed by atoms with Crippen LogP contribution >= 0.6 is 27.5 Å². The van der Waals surface area contributed by atoms with Crippen molar-refractivity contribution in [3.63, 3.8) is 0 Å². The fourth-order valence-electron chi connectivity index (χ4n) is 5.17. The maximum atomic E-state index is 12.8. The number of carboxylic acids is 2. The number of alkyl carbamates (subject to hydrolysis) is 1. The minimum atomic E-state index is -1.02. The number of rotatable bonds is 13. The number of ether oxygens (including phenoxy) is 3. The number of hydrogen-bond acceptors (Lipinski definition) is 14. The number of carbonyl (C=O) groups excluding carboxylic acids is 9. The van der Waals surface area contributed by atoms with Crippen molar-refractivity contribution in [2.24, 2.45) is 57.2 Å². The molecule has 3 fully saturated rings. The number of carbonyl (C=O) groups is 11. The first kappa shape index (κ1) is 77.0. The van der Waals surface area contributed by atoms with Gasteiger partial charge >= 0.3 is 30.2 Å². The number of cyclic esters (lactones) is 3. The van der Waals surface area contributed by atoms with Gasteiger partial charge in [0.2, 0.25) is 17.1 Å². The molecule has 0 aromatic carbocycles. The molecule has 0 unspecified atom stereocenters. The van der Waals surface area contributed by atoms with Crippen LogP contribution in [0.25, 0.3) is 0 Å². The second kappa shape index (κ2) is 31.7. The van der Waals surface area contributed by atoms with Gasteiger partial charge in [-0.25, -0.2) is 24.2 Å². The van der Waals surface area contributed by atoms with Crippen LogP contribution in [-0.4, -0.2) is 126 Å². The first-order valence-corrected chi connectivity index (χ1v) is 26.3. The molecular formula is C54H95BrClN3O16. The van der Waals surface area contributed by atoms with E-state index in [2.05, 4.69) is 35.1 Å². The van der Waals surface area contributed by atoms with Crippen molar-refractivity contribution in [3.05, 3.63) is 0 Å². The van der Waals surface area contributed by atoms with Gasteiger partial charge in [-0.15, -0.1) is 0 Å². The molecule has 436 valence electrons. The van der Waals surface area contributed by atoms with Crippen molar-refractivity contribution in [1.82, 2.24) is 15.1 Å². The van der Waals surface area contributed by atoms with Crippen molar-refractivity contribution in [1.29, 1.82) is 0 Å². The van der Waals surface area contributed by atoms with Crippen LogP contribution < -0.4 is 5.32 Å². The van der Waals surface area contributed by atoms with Crippen LogP contribution in [0.5, 0.6) is 0 Å². The highest BCUT2D eigenvalue weighted by molar-refractivity contribution is 9.10.